The molecule has 2 aromatic rings. The van der Waals surface area contributed by atoms with Crippen LogP contribution in [0, 0.1) is 13.8 Å². The molecule has 0 unspecified atom stereocenters. The highest BCUT2D eigenvalue weighted by Crippen LogP contribution is 2.23. The van der Waals surface area contributed by atoms with Crippen LogP contribution in [0.3, 0.4) is 0 Å². The number of halogens is 1. The minimum Gasteiger partial charge on any atom is -0.483 e. The van der Waals surface area contributed by atoms with Crippen molar-refractivity contribution in [3.05, 3.63) is 52.5 Å². The van der Waals surface area contributed by atoms with E-state index in [-0.39, 0.29) is 12.5 Å². The van der Waals surface area contributed by atoms with E-state index >= 15 is 0 Å². The fourth-order valence-electron chi connectivity index (χ4n) is 1.89. The molecule has 0 spiro atoms. The van der Waals surface area contributed by atoms with Crippen molar-refractivity contribution < 1.29 is 9.53 Å². The Bertz CT molecular complexity index is 671. The summed E-state index contributed by atoms with van der Waals surface area (Å²) in [4.78, 5) is 11.9. The first-order valence-corrected chi connectivity index (χ1v) is 6.88. The molecule has 0 bridgehead atoms. The molecule has 0 fully saturated rings. The lowest BCUT2D eigenvalue weighted by Crippen LogP contribution is -2.20. The van der Waals surface area contributed by atoms with Gasteiger partial charge in [0, 0.05) is 5.69 Å². The van der Waals surface area contributed by atoms with Crippen LogP contribution in [0.25, 0.3) is 0 Å². The predicted molar refractivity (Wildman–Crippen MR) is 85.9 cm³/mol. The average Bonchev–Trinajstić information content (AvgIpc) is 2.41. The van der Waals surface area contributed by atoms with Gasteiger partial charge in [-0.3, -0.25) is 4.79 Å². The molecule has 110 valence electrons. The number of rotatable bonds is 4. The molecule has 21 heavy (non-hydrogen) atoms. The molecule has 2 rings (SSSR count). The van der Waals surface area contributed by atoms with Crippen LogP contribution in [0.2, 0.25) is 5.02 Å². The van der Waals surface area contributed by atoms with E-state index in [0.29, 0.717) is 22.1 Å². The lowest BCUT2D eigenvalue weighted by atomic mass is 10.2. The number of ether oxygens (including phenoxy) is 1. The molecule has 0 aliphatic rings. The molecule has 0 heterocycles. The molecule has 5 heteroatoms. The van der Waals surface area contributed by atoms with Gasteiger partial charge in [0.25, 0.3) is 5.91 Å². The number of carbonyl (C=O) groups excluding carboxylic acids is 1. The third-order valence-corrected chi connectivity index (χ3v) is 3.27. The SMILES string of the molecule is Cc1ccc(NC(=O)COc2ccc(N)cc2C)c(Cl)c1. The fourth-order valence-corrected chi connectivity index (χ4v) is 2.17. The van der Waals surface area contributed by atoms with Crippen molar-refractivity contribution in [3.63, 3.8) is 0 Å². The number of hydrogen-bond acceptors (Lipinski definition) is 3. The predicted octanol–water partition coefficient (Wildman–Crippen LogP) is 3.56. The van der Waals surface area contributed by atoms with Crippen molar-refractivity contribution in [1.29, 1.82) is 0 Å². The molecule has 0 aromatic heterocycles. The molecular weight excluding hydrogens is 288 g/mol. The van der Waals surface area contributed by atoms with Crippen molar-refractivity contribution in [2.45, 2.75) is 13.8 Å². The number of carbonyl (C=O) groups is 1. The molecule has 4 nitrogen and oxygen atoms in total. The number of aryl methyl sites for hydroxylation is 2. The third-order valence-electron chi connectivity index (χ3n) is 2.96. The summed E-state index contributed by atoms with van der Waals surface area (Å²) in [5.41, 5.74) is 8.82. The molecule has 0 aliphatic heterocycles. The Labute approximate surface area is 128 Å². The van der Waals surface area contributed by atoms with Crippen LogP contribution in [0.1, 0.15) is 11.1 Å². The van der Waals surface area contributed by atoms with E-state index in [0.717, 1.165) is 11.1 Å². The molecule has 0 radical (unpaired) electrons. The van der Waals surface area contributed by atoms with Crippen LogP contribution in [0.15, 0.2) is 36.4 Å². The zero-order chi connectivity index (χ0) is 15.4. The number of nitrogens with two attached hydrogens (primary N) is 1. The van der Waals surface area contributed by atoms with Gasteiger partial charge < -0.3 is 15.8 Å². The fraction of sp³-hybridized carbons (Fsp3) is 0.188. The van der Waals surface area contributed by atoms with Crippen LogP contribution in [-0.4, -0.2) is 12.5 Å². The first-order chi connectivity index (χ1) is 9.95. The zero-order valence-electron chi connectivity index (χ0n) is 11.9. The van der Waals surface area contributed by atoms with Gasteiger partial charge >= 0.3 is 0 Å². The molecule has 0 aliphatic carbocycles. The van der Waals surface area contributed by atoms with Crippen LogP contribution in [0.5, 0.6) is 5.75 Å². The summed E-state index contributed by atoms with van der Waals surface area (Å²) in [5.74, 6) is 0.367. The maximum absolute atomic E-state index is 11.9. The van der Waals surface area contributed by atoms with E-state index in [1.54, 1.807) is 30.3 Å². The first-order valence-electron chi connectivity index (χ1n) is 6.50. The second-order valence-electron chi connectivity index (χ2n) is 4.85. The van der Waals surface area contributed by atoms with E-state index in [1.165, 1.54) is 0 Å². The van der Waals surface area contributed by atoms with Crippen LogP contribution >= 0.6 is 11.6 Å². The standard InChI is InChI=1S/C16H17ClN2O2/c1-10-3-5-14(13(17)7-10)19-16(20)9-21-15-6-4-12(18)8-11(15)2/h3-8H,9,18H2,1-2H3,(H,19,20). The Kier molecular flexibility index (Phi) is 4.70. The number of anilines is 2. The molecule has 0 atom stereocenters. The summed E-state index contributed by atoms with van der Waals surface area (Å²) < 4.78 is 5.48. The molecular formula is C16H17ClN2O2. The lowest BCUT2D eigenvalue weighted by molar-refractivity contribution is -0.118. The number of amides is 1. The van der Waals surface area contributed by atoms with Crippen LogP contribution in [-0.2, 0) is 4.79 Å². The highest BCUT2D eigenvalue weighted by atomic mass is 35.5. The Balaban J connectivity index is 1.96. The van der Waals surface area contributed by atoms with Gasteiger partial charge in [-0.2, -0.15) is 0 Å². The first kappa shape index (κ1) is 15.2. The summed E-state index contributed by atoms with van der Waals surface area (Å²) in [7, 11) is 0. The number of hydrogen-bond donors (Lipinski definition) is 2. The van der Waals surface area contributed by atoms with Gasteiger partial charge in [-0.05, 0) is 55.3 Å². The van der Waals surface area contributed by atoms with E-state index in [9.17, 15) is 4.79 Å². The van der Waals surface area contributed by atoms with Crippen molar-refractivity contribution >= 4 is 28.9 Å². The van der Waals surface area contributed by atoms with Gasteiger partial charge in [0.2, 0.25) is 0 Å². The third kappa shape index (κ3) is 4.13. The Morgan fingerprint density at radius 1 is 1.24 bits per heavy atom. The number of benzene rings is 2. The summed E-state index contributed by atoms with van der Waals surface area (Å²) >= 11 is 6.06. The maximum atomic E-state index is 11.9. The maximum Gasteiger partial charge on any atom is 0.262 e. The van der Waals surface area contributed by atoms with Gasteiger partial charge in [-0.15, -0.1) is 0 Å². The lowest BCUT2D eigenvalue weighted by Gasteiger charge is -2.11. The van der Waals surface area contributed by atoms with Crippen molar-refractivity contribution in [3.8, 4) is 5.75 Å². The highest BCUT2D eigenvalue weighted by Gasteiger charge is 2.08. The van der Waals surface area contributed by atoms with Gasteiger partial charge in [0.05, 0.1) is 10.7 Å². The van der Waals surface area contributed by atoms with Gasteiger partial charge in [0.15, 0.2) is 6.61 Å². The van der Waals surface area contributed by atoms with Crippen LogP contribution < -0.4 is 15.8 Å². The van der Waals surface area contributed by atoms with Crippen molar-refractivity contribution in [1.82, 2.24) is 0 Å². The minimum atomic E-state index is -0.267. The summed E-state index contributed by atoms with van der Waals surface area (Å²) in [6.07, 6.45) is 0. The van der Waals surface area contributed by atoms with Gasteiger partial charge in [-0.1, -0.05) is 17.7 Å². The second-order valence-corrected chi connectivity index (χ2v) is 5.25. The Morgan fingerprint density at radius 3 is 2.67 bits per heavy atom. The largest absolute Gasteiger partial charge is 0.483 e. The Morgan fingerprint density at radius 2 is 2.00 bits per heavy atom. The second kappa shape index (κ2) is 6.50. The van der Waals surface area contributed by atoms with Crippen molar-refractivity contribution in [2.24, 2.45) is 0 Å². The molecule has 0 saturated carbocycles. The topological polar surface area (TPSA) is 64.3 Å². The van der Waals surface area contributed by atoms with E-state index in [1.807, 2.05) is 19.9 Å². The smallest absolute Gasteiger partial charge is 0.262 e. The van der Waals surface area contributed by atoms with E-state index < -0.39 is 0 Å². The average molecular weight is 305 g/mol. The highest BCUT2D eigenvalue weighted by molar-refractivity contribution is 6.33. The van der Waals surface area contributed by atoms with Crippen molar-refractivity contribution in [2.75, 3.05) is 17.7 Å². The van der Waals surface area contributed by atoms with Gasteiger partial charge in [-0.25, -0.2) is 0 Å². The van der Waals surface area contributed by atoms with E-state index in [4.69, 9.17) is 22.1 Å². The number of nitrogen functional groups attached to an aromatic ring is 1. The zero-order valence-corrected chi connectivity index (χ0v) is 12.7. The minimum absolute atomic E-state index is 0.0883. The molecule has 0 saturated heterocycles. The monoisotopic (exact) mass is 304 g/mol. The molecule has 1 amide bonds. The molecule has 3 N–H and O–H groups in total. The number of nitrogens with one attached hydrogen (secondary N) is 1. The molecule has 2 aromatic carbocycles. The van der Waals surface area contributed by atoms with Crippen LogP contribution in [0.4, 0.5) is 11.4 Å². The van der Waals surface area contributed by atoms with Gasteiger partial charge in [0.1, 0.15) is 5.75 Å². The quantitative estimate of drug-likeness (QED) is 0.849. The Hall–Kier alpha value is -2.20. The summed E-state index contributed by atoms with van der Waals surface area (Å²) in [6, 6.07) is 10.7. The normalized spacial score (nSPS) is 10.2. The summed E-state index contributed by atoms with van der Waals surface area (Å²) in [6.45, 7) is 3.72. The van der Waals surface area contributed by atoms with E-state index in [2.05, 4.69) is 5.32 Å². The summed E-state index contributed by atoms with van der Waals surface area (Å²) in [5, 5.41) is 3.22.